The van der Waals surface area contributed by atoms with Crippen LogP contribution in [0.4, 0.5) is 0 Å². The van der Waals surface area contributed by atoms with Crippen molar-refractivity contribution in [3.05, 3.63) is 35.9 Å². The molecule has 0 heterocycles. The van der Waals surface area contributed by atoms with E-state index in [-0.39, 0.29) is 48.9 Å². The van der Waals surface area contributed by atoms with Gasteiger partial charge in [-0.05, 0) is 23.8 Å². The van der Waals surface area contributed by atoms with Gasteiger partial charge in [0.25, 0.3) is 0 Å². The average Bonchev–Trinajstić information content (AvgIpc) is 2.68. The quantitative estimate of drug-likeness (QED) is 0.159. The Bertz CT molecular complexity index is 580. The minimum absolute atomic E-state index is 0. The van der Waals surface area contributed by atoms with Gasteiger partial charge in [0.2, 0.25) is 5.91 Å². The third-order valence-corrected chi connectivity index (χ3v) is 5.27. The fraction of sp³-hybridized carbons (Fsp3) is 0.571. The summed E-state index contributed by atoms with van der Waals surface area (Å²) in [5.74, 6) is 0.162. The predicted octanol–water partition coefficient (Wildman–Crippen LogP) is -10.0. The van der Waals surface area contributed by atoms with E-state index in [2.05, 4.69) is 21.7 Å². The Kier molecular flexibility index (Phi) is 19.5. The van der Waals surface area contributed by atoms with Crippen molar-refractivity contribution in [2.75, 3.05) is 26.2 Å². The fourth-order valence-electron chi connectivity index (χ4n) is 3.60. The van der Waals surface area contributed by atoms with Crippen molar-refractivity contribution in [1.82, 2.24) is 5.32 Å². The molecular formula is C21H37Cl3N4O2. The first kappa shape index (κ1) is 31.2. The lowest BCUT2D eigenvalue weighted by Gasteiger charge is -2.25. The molecule has 0 spiro atoms. The lowest BCUT2D eigenvalue weighted by atomic mass is 9.91. The molecule has 2 rings (SSSR count). The molecule has 1 aromatic rings. The van der Waals surface area contributed by atoms with Crippen LogP contribution in [0.15, 0.2) is 30.3 Å². The number of nitrogens with two attached hydrogens (primary N) is 2. The largest absolute Gasteiger partial charge is 1.00 e. The van der Waals surface area contributed by atoms with Gasteiger partial charge >= 0.3 is 0 Å². The lowest BCUT2D eigenvalue weighted by molar-refractivity contribution is -0.714. The molecular weight excluding hydrogens is 447 g/mol. The Labute approximate surface area is 199 Å². The van der Waals surface area contributed by atoms with Crippen LogP contribution in [-0.4, -0.2) is 49.3 Å². The normalized spacial score (nSPS) is 18.0. The van der Waals surface area contributed by atoms with Crippen LogP contribution in [0.1, 0.15) is 44.1 Å². The smallest absolute Gasteiger partial charge is 0.244 e. The van der Waals surface area contributed by atoms with Crippen molar-refractivity contribution in [2.45, 2.75) is 50.6 Å². The molecule has 0 saturated heterocycles. The van der Waals surface area contributed by atoms with Crippen molar-refractivity contribution in [2.24, 2.45) is 0 Å². The topological polar surface area (TPSA) is 110 Å². The van der Waals surface area contributed by atoms with Crippen LogP contribution in [0.25, 0.3) is 6.08 Å². The summed E-state index contributed by atoms with van der Waals surface area (Å²) in [6, 6.07) is 8.36. The summed E-state index contributed by atoms with van der Waals surface area (Å²) in [5.41, 5.74) is 4.80. The minimum Gasteiger partial charge on any atom is -1.00 e. The van der Waals surface area contributed by atoms with Crippen LogP contribution in [0.3, 0.4) is 0 Å². The lowest BCUT2D eigenvalue weighted by Crippen LogP contribution is -3.00. The zero-order valence-corrected chi connectivity index (χ0v) is 19.8. The van der Waals surface area contributed by atoms with Crippen LogP contribution in [0, 0.1) is 0 Å². The summed E-state index contributed by atoms with van der Waals surface area (Å²) >= 11 is 0. The number of phenols is 1. The summed E-state index contributed by atoms with van der Waals surface area (Å²) < 4.78 is 0. The molecule has 1 aliphatic carbocycles. The molecule has 9 heteroatoms. The van der Waals surface area contributed by atoms with Gasteiger partial charge in [-0.1, -0.05) is 12.1 Å². The molecule has 1 fully saturated rings. The molecule has 0 aliphatic heterocycles. The van der Waals surface area contributed by atoms with Crippen molar-refractivity contribution in [1.29, 1.82) is 0 Å². The average molecular weight is 484 g/mol. The second-order valence-corrected chi connectivity index (χ2v) is 7.50. The number of halogens is 3. The third kappa shape index (κ3) is 13.3. The summed E-state index contributed by atoms with van der Waals surface area (Å²) in [7, 11) is 0. The van der Waals surface area contributed by atoms with E-state index >= 15 is 0 Å². The van der Waals surface area contributed by atoms with Gasteiger partial charge in [0, 0.05) is 51.1 Å². The number of aromatic hydroxyl groups is 1. The maximum absolute atomic E-state index is 11.8. The Morgan fingerprint density at radius 1 is 1.00 bits per heavy atom. The molecule has 1 aliphatic rings. The standard InChI is InChI=1S/C21H34N4O2.3ClH/c22-13-1-14-23-18-6-8-19(9-7-18)24-15-2-16-25-21(27)12-5-17-3-10-20(26)11-4-17;;;/h3-5,10-12,18-19,23-24,26H,1-2,6-9,13-16,22H2,(H,25,27);3*1H/b12-5+;;;. The molecule has 0 radical (unpaired) electrons. The second kappa shape index (κ2) is 18.7. The van der Waals surface area contributed by atoms with E-state index in [0.717, 1.165) is 37.2 Å². The maximum Gasteiger partial charge on any atom is 0.244 e. The summed E-state index contributed by atoms with van der Waals surface area (Å²) in [4.78, 5) is 11.8. The number of phenolic OH excluding ortho intramolecular Hbond substituents is 1. The van der Waals surface area contributed by atoms with Gasteiger partial charge in [0.05, 0.1) is 31.7 Å². The number of benzene rings is 1. The summed E-state index contributed by atoms with van der Waals surface area (Å²) in [6.07, 6.45) is 10.8. The second-order valence-electron chi connectivity index (χ2n) is 7.50. The van der Waals surface area contributed by atoms with Crippen molar-refractivity contribution >= 4 is 12.0 Å². The predicted molar refractivity (Wildman–Crippen MR) is 107 cm³/mol. The highest BCUT2D eigenvalue weighted by Gasteiger charge is 2.24. The maximum atomic E-state index is 11.8. The van der Waals surface area contributed by atoms with E-state index in [4.69, 9.17) is 0 Å². The van der Waals surface area contributed by atoms with Gasteiger partial charge in [-0.2, -0.15) is 0 Å². The molecule has 0 aromatic heterocycles. The first-order valence-electron chi connectivity index (χ1n) is 10.4. The highest BCUT2D eigenvalue weighted by atomic mass is 35.5. The fourth-order valence-corrected chi connectivity index (χ4v) is 3.60. The number of carbonyl (C=O) groups is 1. The zero-order valence-electron chi connectivity index (χ0n) is 17.5. The molecule has 1 amide bonds. The number of rotatable bonds is 11. The highest BCUT2D eigenvalue weighted by molar-refractivity contribution is 5.91. The molecule has 0 unspecified atom stereocenters. The minimum atomic E-state index is -0.0681. The van der Waals surface area contributed by atoms with Gasteiger partial charge in [-0.3, -0.25) is 4.79 Å². The molecule has 30 heavy (non-hydrogen) atoms. The highest BCUT2D eigenvalue weighted by Crippen LogP contribution is 2.13. The van der Waals surface area contributed by atoms with Gasteiger partial charge in [-0.15, -0.1) is 0 Å². The molecule has 9 N–H and O–H groups in total. The number of nitrogens with one attached hydrogen (secondary N) is 1. The number of carbonyl (C=O) groups excluding carboxylic acids is 1. The molecule has 0 bridgehead atoms. The third-order valence-electron chi connectivity index (χ3n) is 5.27. The molecule has 1 saturated carbocycles. The molecule has 174 valence electrons. The van der Waals surface area contributed by atoms with Gasteiger partial charge in [0.15, 0.2) is 0 Å². The number of amides is 1. The van der Waals surface area contributed by atoms with Gasteiger partial charge in [0.1, 0.15) is 5.75 Å². The van der Waals surface area contributed by atoms with Crippen molar-refractivity contribution in [3.63, 3.8) is 0 Å². The summed E-state index contributed by atoms with van der Waals surface area (Å²) in [5, 5.41) is 17.2. The number of hydrogen-bond acceptors (Lipinski definition) is 2. The number of quaternary nitrogens is 3. The van der Waals surface area contributed by atoms with Crippen molar-refractivity contribution < 1.29 is 63.5 Å². The SMILES string of the molecule is [Cl-].[Cl-].[Cl-].[NH3+]CCC[NH2+]C1CCC([NH2+]CCCNC(=O)/C=C/c2ccc(O)cc2)CC1. The first-order valence-corrected chi connectivity index (χ1v) is 10.4. The van der Waals surface area contributed by atoms with Gasteiger partial charge < -0.3 is 64.0 Å². The Morgan fingerprint density at radius 3 is 2.07 bits per heavy atom. The van der Waals surface area contributed by atoms with Crippen LogP contribution in [0.2, 0.25) is 0 Å². The van der Waals surface area contributed by atoms with Crippen molar-refractivity contribution in [3.8, 4) is 5.75 Å². The van der Waals surface area contributed by atoms with E-state index < -0.39 is 0 Å². The van der Waals surface area contributed by atoms with E-state index in [1.807, 2.05) is 0 Å². The monoisotopic (exact) mass is 482 g/mol. The van der Waals surface area contributed by atoms with E-state index in [0.29, 0.717) is 6.54 Å². The zero-order chi connectivity index (χ0) is 19.3. The molecule has 6 nitrogen and oxygen atoms in total. The van der Waals surface area contributed by atoms with Gasteiger partial charge in [-0.25, -0.2) is 0 Å². The van der Waals surface area contributed by atoms with E-state index in [1.165, 1.54) is 38.6 Å². The van der Waals surface area contributed by atoms with Crippen LogP contribution in [0.5, 0.6) is 5.75 Å². The Balaban J connectivity index is 0. The van der Waals surface area contributed by atoms with E-state index in [9.17, 15) is 9.90 Å². The Hall–Kier alpha value is -1.02. The summed E-state index contributed by atoms with van der Waals surface area (Å²) in [6.45, 7) is 4.05. The molecule has 1 aromatic carbocycles. The van der Waals surface area contributed by atoms with Crippen LogP contribution >= 0.6 is 0 Å². The van der Waals surface area contributed by atoms with Crippen LogP contribution in [-0.2, 0) is 4.79 Å². The number of hydrogen-bond donors (Lipinski definition) is 5. The Morgan fingerprint density at radius 2 is 1.53 bits per heavy atom. The van der Waals surface area contributed by atoms with E-state index in [1.54, 1.807) is 36.4 Å². The molecule has 0 atom stereocenters. The van der Waals surface area contributed by atoms with Crippen LogP contribution < -0.4 is 58.9 Å². The first-order chi connectivity index (χ1) is 13.2.